The number of carbonyl (C=O) groups is 1. The van der Waals surface area contributed by atoms with Crippen LogP contribution in [0.3, 0.4) is 0 Å². The van der Waals surface area contributed by atoms with Crippen LogP contribution >= 0.6 is 46.4 Å². The second kappa shape index (κ2) is 9.40. The van der Waals surface area contributed by atoms with Crippen molar-refractivity contribution in [2.75, 3.05) is 5.32 Å². The quantitative estimate of drug-likeness (QED) is 0.196. The van der Waals surface area contributed by atoms with Gasteiger partial charge < -0.3 is 9.73 Å². The first-order valence-corrected chi connectivity index (χ1v) is 12.1. The van der Waals surface area contributed by atoms with Gasteiger partial charge in [0, 0.05) is 14.8 Å². The first-order valence-electron chi connectivity index (χ1n) is 10.2. The molecular weight excluding hydrogens is 569 g/mol. The molecule has 0 saturated carbocycles. The molecular formula is C25H21ClIN3O2S. The molecule has 0 atom stereocenters. The summed E-state index contributed by atoms with van der Waals surface area (Å²) in [5.74, 6) is 0.173. The maximum atomic E-state index is 12.6. The lowest BCUT2D eigenvalue weighted by atomic mass is 9.87. The van der Waals surface area contributed by atoms with Crippen molar-refractivity contribution in [3.63, 3.8) is 0 Å². The van der Waals surface area contributed by atoms with Crippen LogP contribution in [0.4, 0.5) is 5.69 Å². The largest absolute Gasteiger partial charge is 0.436 e. The van der Waals surface area contributed by atoms with Gasteiger partial charge in [-0.3, -0.25) is 10.1 Å². The molecule has 0 saturated heterocycles. The molecule has 3 aromatic carbocycles. The highest BCUT2D eigenvalue weighted by Gasteiger charge is 2.16. The van der Waals surface area contributed by atoms with Crippen molar-refractivity contribution < 1.29 is 9.21 Å². The molecule has 8 heteroatoms. The van der Waals surface area contributed by atoms with Gasteiger partial charge in [0.15, 0.2) is 10.7 Å². The van der Waals surface area contributed by atoms with Crippen LogP contribution < -0.4 is 10.6 Å². The molecule has 2 N–H and O–H groups in total. The summed E-state index contributed by atoms with van der Waals surface area (Å²) in [6.45, 7) is 6.39. The fourth-order valence-corrected chi connectivity index (χ4v) is 4.14. The summed E-state index contributed by atoms with van der Waals surface area (Å²) >= 11 is 13.9. The molecule has 0 aliphatic rings. The molecule has 4 rings (SSSR count). The molecule has 0 spiro atoms. The van der Waals surface area contributed by atoms with Crippen molar-refractivity contribution in [1.29, 1.82) is 0 Å². The number of hydrogen-bond donors (Lipinski definition) is 2. The van der Waals surface area contributed by atoms with Gasteiger partial charge in [-0.05, 0) is 94.3 Å². The lowest BCUT2D eigenvalue weighted by Crippen LogP contribution is -2.34. The maximum absolute atomic E-state index is 12.6. The van der Waals surface area contributed by atoms with Gasteiger partial charge in [0.05, 0.1) is 10.6 Å². The average Bonchev–Trinajstić information content (AvgIpc) is 3.18. The number of amides is 1. The topological polar surface area (TPSA) is 67.2 Å². The summed E-state index contributed by atoms with van der Waals surface area (Å²) in [6.07, 6.45) is 0. The second-order valence-electron chi connectivity index (χ2n) is 8.56. The average molecular weight is 590 g/mol. The van der Waals surface area contributed by atoms with Crippen molar-refractivity contribution in [1.82, 2.24) is 10.3 Å². The Labute approximate surface area is 216 Å². The molecule has 33 heavy (non-hydrogen) atoms. The standard InChI is InChI=1S/C25H21ClIN3O2S/c1-25(2,3)15-6-4-14(5-7-15)22(31)30-24(33)28-17-9-11-21-20(13-17)29-23(32-21)18-12-16(27)8-10-19(18)26/h4-13H,1-3H3,(H2,28,30,31,33). The van der Waals surface area contributed by atoms with E-state index in [1.807, 2.05) is 36.4 Å². The number of halogens is 2. The van der Waals surface area contributed by atoms with E-state index in [-0.39, 0.29) is 16.4 Å². The molecule has 0 radical (unpaired) electrons. The number of nitrogens with one attached hydrogen (secondary N) is 2. The molecule has 5 nitrogen and oxygen atoms in total. The maximum Gasteiger partial charge on any atom is 0.257 e. The molecule has 1 heterocycles. The first kappa shape index (κ1) is 23.7. The number of fused-ring (bicyclic) bond motifs is 1. The minimum absolute atomic E-state index is 0.0236. The van der Waals surface area contributed by atoms with E-state index in [0.717, 1.165) is 14.7 Å². The van der Waals surface area contributed by atoms with E-state index in [1.54, 1.807) is 24.3 Å². The number of nitrogens with zero attached hydrogens (tertiary/aromatic N) is 1. The van der Waals surface area contributed by atoms with Crippen molar-refractivity contribution in [2.45, 2.75) is 26.2 Å². The minimum Gasteiger partial charge on any atom is -0.436 e. The Bertz CT molecular complexity index is 1360. The predicted molar refractivity (Wildman–Crippen MR) is 146 cm³/mol. The normalized spacial score (nSPS) is 11.4. The van der Waals surface area contributed by atoms with Crippen molar-refractivity contribution >= 4 is 74.2 Å². The molecule has 1 amide bonds. The van der Waals surface area contributed by atoms with E-state index in [2.05, 4.69) is 59.0 Å². The van der Waals surface area contributed by atoms with Crippen LogP contribution in [0.25, 0.3) is 22.6 Å². The van der Waals surface area contributed by atoms with Crippen LogP contribution in [0.2, 0.25) is 5.02 Å². The lowest BCUT2D eigenvalue weighted by molar-refractivity contribution is 0.0977. The summed E-state index contributed by atoms with van der Waals surface area (Å²) in [6, 6.07) is 18.6. The SMILES string of the molecule is CC(C)(C)c1ccc(C(=O)NC(=S)Nc2ccc3oc(-c4cc(I)ccc4Cl)nc3c2)cc1. The van der Waals surface area contributed by atoms with E-state index < -0.39 is 0 Å². The molecule has 4 aromatic rings. The van der Waals surface area contributed by atoms with Crippen LogP contribution in [0, 0.1) is 3.57 Å². The molecule has 0 aliphatic heterocycles. The van der Waals surface area contributed by atoms with Crippen molar-refractivity contribution in [3.05, 3.63) is 80.4 Å². The highest BCUT2D eigenvalue weighted by atomic mass is 127. The van der Waals surface area contributed by atoms with E-state index in [4.69, 9.17) is 28.2 Å². The fourth-order valence-electron chi connectivity index (χ4n) is 3.24. The zero-order valence-corrected chi connectivity index (χ0v) is 21.9. The predicted octanol–water partition coefficient (Wildman–Crippen LogP) is 7.18. The Morgan fingerprint density at radius 3 is 2.48 bits per heavy atom. The number of benzene rings is 3. The van der Waals surface area contributed by atoms with Gasteiger partial charge in [0.25, 0.3) is 5.91 Å². The van der Waals surface area contributed by atoms with Gasteiger partial charge in [0.2, 0.25) is 5.89 Å². The first-order chi connectivity index (χ1) is 15.6. The Hall–Kier alpha value is -2.49. The second-order valence-corrected chi connectivity index (χ2v) is 10.6. The van der Waals surface area contributed by atoms with Crippen LogP contribution in [-0.4, -0.2) is 16.0 Å². The monoisotopic (exact) mass is 589 g/mol. The third-order valence-corrected chi connectivity index (χ3v) is 6.25. The highest BCUT2D eigenvalue weighted by molar-refractivity contribution is 14.1. The third kappa shape index (κ3) is 5.54. The van der Waals surface area contributed by atoms with Gasteiger partial charge in [-0.1, -0.05) is 44.5 Å². The van der Waals surface area contributed by atoms with Gasteiger partial charge >= 0.3 is 0 Å². The number of oxazole rings is 1. The van der Waals surface area contributed by atoms with Crippen molar-refractivity contribution in [3.8, 4) is 11.5 Å². The third-order valence-electron chi connectivity index (χ3n) is 5.04. The summed E-state index contributed by atoms with van der Waals surface area (Å²) < 4.78 is 6.91. The zero-order valence-electron chi connectivity index (χ0n) is 18.2. The van der Waals surface area contributed by atoms with E-state index in [1.165, 1.54) is 0 Å². The van der Waals surface area contributed by atoms with Crippen LogP contribution in [0.1, 0.15) is 36.7 Å². The zero-order chi connectivity index (χ0) is 23.8. The summed E-state index contributed by atoms with van der Waals surface area (Å²) in [5.41, 5.74) is 4.41. The smallest absolute Gasteiger partial charge is 0.257 e. The Morgan fingerprint density at radius 2 is 1.79 bits per heavy atom. The van der Waals surface area contributed by atoms with Crippen LogP contribution in [0.15, 0.2) is 65.1 Å². The number of aromatic nitrogens is 1. The molecule has 1 aromatic heterocycles. The molecule has 0 bridgehead atoms. The number of anilines is 1. The number of hydrogen-bond acceptors (Lipinski definition) is 4. The van der Waals surface area contributed by atoms with E-state index in [0.29, 0.717) is 33.3 Å². The van der Waals surface area contributed by atoms with Gasteiger partial charge in [-0.2, -0.15) is 0 Å². The van der Waals surface area contributed by atoms with Crippen molar-refractivity contribution in [2.24, 2.45) is 0 Å². The Balaban J connectivity index is 1.46. The lowest BCUT2D eigenvalue weighted by Gasteiger charge is -2.19. The molecule has 0 fully saturated rings. The fraction of sp³-hybridized carbons (Fsp3) is 0.160. The molecule has 0 aliphatic carbocycles. The van der Waals surface area contributed by atoms with Gasteiger partial charge in [0.1, 0.15) is 5.52 Å². The Morgan fingerprint density at radius 1 is 1.06 bits per heavy atom. The highest BCUT2D eigenvalue weighted by Crippen LogP contribution is 2.32. The minimum atomic E-state index is -0.272. The van der Waals surface area contributed by atoms with E-state index >= 15 is 0 Å². The van der Waals surface area contributed by atoms with E-state index in [9.17, 15) is 4.79 Å². The number of rotatable bonds is 3. The number of carbonyl (C=O) groups excluding carboxylic acids is 1. The van der Waals surface area contributed by atoms with Gasteiger partial charge in [-0.15, -0.1) is 0 Å². The summed E-state index contributed by atoms with van der Waals surface area (Å²) in [7, 11) is 0. The molecule has 0 unspecified atom stereocenters. The van der Waals surface area contributed by atoms with Crippen LogP contribution in [-0.2, 0) is 5.41 Å². The van der Waals surface area contributed by atoms with Crippen LogP contribution in [0.5, 0.6) is 0 Å². The molecule has 168 valence electrons. The Kier molecular flexibility index (Phi) is 6.74. The van der Waals surface area contributed by atoms with Gasteiger partial charge in [-0.25, -0.2) is 4.98 Å². The number of thiocarbonyl (C=S) groups is 1. The summed E-state index contributed by atoms with van der Waals surface area (Å²) in [5, 5.41) is 6.51. The summed E-state index contributed by atoms with van der Waals surface area (Å²) in [4.78, 5) is 17.1.